The van der Waals surface area contributed by atoms with Crippen LogP contribution in [0.15, 0.2) is 89.8 Å². The maximum absolute atomic E-state index is 15.3. The smallest absolute Gasteiger partial charge is 0.295 e. The second-order valence-electron chi connectivity index (χ2n) is 12.9. The number of nitrogens with zero attached hydrogens (tertiary/aromatic N) is 1. The third-order valence-electron chi connectivity index (χ3n) is 9.60. The topological polar surface area (TPSA) is 53.6 Å². The third-order valence-corrected chi connectivity index (χ3v) is 10.5. The molecule has 8 heteroatoms. The Labute approximate surface area is 275 Å². The highest BCUT2D eigenvalue weighted by atomic mass is 32.2. The van der Waals surface area contributed by atoms with Crippen LogP contribution in [-0.2, 0) is 10.7 Å². The summed E-state index contributed by atoms with van der Waals surface area (Å²) in [4.78, 5) is 14.9. The van der Waals surface area contributed by atoms with Crippen LogP contribution in [0.25, 0.3) is 21.9 Å². The lowest BCUT2D eigenvalue weighted by molar-refractivity contribution is -0.119. The van der Waals surface area contributed by atoms with E-state index in [4.69, 9.17) is 4.74 Å². The molecule has 46 heavy (non-hydrogen) atoms. The summed E-state index contributed by atoms with van der Waals surface area (Å²) in [5.74, 6) is -1.55. The van der Waals surface area contributed by atoms with Crippen LogP contribution in [0.3, 0.4) is 0 Å². The Morgan fingerprint density at radius 3 is 2.28 bits per heavy atom. The average molecular weight is 644 g/mol. The van der Waals surface area contributed by atoms with Gasteiger partial charge >= 0.3 is 0 Å². The lowest BCUT2D eigenvalue weighted by Gasteiger charge is -2.24. The fourth-order valence-corrected chi connectivity index (χ4v) is 7.52. The zero-order valence-corrected chi connectivity index (χ0v) is 27.4. The predicted octanol–water partition coefficient (Wildman–Crippen LogP) is 8.00. The van der Waals surface area contributed by atoms with Crippen molar-refractivity contribution in [1.29, 1.82) is 0 Å². The second kappa shape index (κ2) is 14.6. The van der Waals surface area contributed by atoms with Crippen molar-refractivity contribution < 1.29 is 18.3 Å². The van der Waals surface area contributed by atoms with E-state index in [0.717, 1.165) is 74.9 Å². The Bertz CT molecular complexity index is 1610. The van der Waals surface area contributed by atoms with Gasteiger partial charge in [-0.15, -0.1) is 0 Å². The minimum atomic E-state index is -3.37. The van der Waals surface area contributed by atoms with Crippen molar-refractivity contribution in [3.63, 3.8) is 0 Å². The number of aldehydes is 1. The Morgan fingerprint density at radius 2 is 1.59 bits per heavy atom. The molecule has 1 unspecified atom stereocenters. The molecule has 7 rings (SSSR count). The first kappa shape index (κ1) is 32.6. The van der Waals surface area contributed by atoms with Crippen molar-refractivity contribution in [2.75, 3.05) is 26.7 Å². The van der Waals surface area contributed by atoms with Crippen LogP contribution >= 0.6 is 11.9 Å². The molecular formula is C38H43F2N3O2S. The van der Waals surface area contributed by atoms with E-state index >= 15 is 8.78 Å². The highest BCUT2D eigenvalue weighted by Crippen LogP contribution is 2.35. The van der Waals surface area contributed by atoms with Crippen molar-refractivity contribution in [1.82, 2.24) is 14.9 Å². The first-order valence-corrected chi connectivity index (χ1v) is 17.2. The number of likely N-dealkylation sites (N-methyl/N-ethyl adjacent to an activating group) is 1. The SMILES string of the molecule is CN1CC[C@@H]2CNC[C@@H]21.Cc1ccc(-c2ccc(C(F)(F)C(C=O)NSc3ccc4cc(OC5CCCC5)ccc4c3)cc2)cc1. The van der Waals surface area contributed by atoms with E-state index in [1.807, 2.05) is 67.6 Å². The Morgan fingerprint density at radius 1 is 0.913 bits per heavy atom. The number of nitrogens with one attached hydrogen (secondary N) is 2. The number of alkyl halides is 2. The van der Waals surface area contributed by atoms with E-state index in [2.05, 4.69) is 22.0 Å². The van der Waals surface area contributed by atoms with E-state index in [-0.39, 0.29) is 18.0 Å². The zero-order chi connectivity index (χ0) is 32.1. The number of carbonyl (C=O) groups is 1. The van der Waals surface area contributed by atoms with Crippen molar-refractivity contribution >= 4 is 29.0 Å². The van der Waals surface area contributed by atoms with E-state index in [1.54, 1.807) is 12.1 Å². The summed E-state index contributed by atoms with van der Waals surface area (Å²) in [6.07, 6.45) is 6.59. The molecule has 0 bridgehead atoms. The molecule has 3 atom stereocenters. The quantitative estimate of drug-likeness (QED) is 0.142. The van der Waals surface area contributed by atoms with Gasteiger partial charge in [-0.05, 0) is 123 Å². The molecule has 1 saturated carbocycles. The lowest BCUT2D eigenvalue weighted by Crippen LogP contribution is -2.41. The van der Waals surface area contributed by atoms with Gasteiger partial charge in [0, 0.05) is 23.0 Å². The minimum Gasteiger partial charge on any atom is -0.490 e. The van der Waals surface area contributed by atoms with Crippen LogP contribution in [0.2, 0.25) is 0 Å². The van der Waals surface area contributed by atoms with Crippen LogP contribution < -0.4 is 14.8 Å². The summed E-state index contributed by atoms with van der Waals surface area (Å²) in [5.41, 5.74) is 2.72. The number of hydrogen-bond donors (Lipinski definition) is 2. The number of carbonyl (C=O) groups excluding carboxylic acids is 1. The molecule has 2 heterocycles. The maximum atomic E-state index is 15.3. The highest BCUT2D eigenvalue weighted by Gasteiger charge is 2.41. The van der Waals surface area contributed by atoms with Crippen LogP contribution in [0, 0.1) is 12.8 Å². The molecule has 4 aromatic rings. The van der Waals surface area contributed by atoms with Gasteiger partial charge in [-0.3, -0.25) is 0 Å². The molecule has 5 nitrogen and oxygen atoms in total. The molecule has 2 aliphatic heterocycles. The van der Waals surface area contributed by atoms with E-state index < -0.39 is 12.0 Å². The van der Waals surface area contributed by atoms with Crippen LogP contribution in [0.4, 0.5) is 8.78 Å². The molecule has 0 amide bonds. The molecule has 3 aliphatic rings. The molecule has 4 aromatic carbocycles. The number of halogens is 2. The molecule has 2 N–H and O–H groups in total. The normalized spacial score (nSPS) is 20.7. The summed E-state index contributed by atoms with van der Waals surface area (Å²) < 4.78 is 39.3. The van der Waals surface area contributed by atoms with Crippen LogP contribution in [0.5, 0.6) is 5.75 Å². The third kappa shape index (κ3) is 7.63. The Hall–Kier alpha value is -3.30. The first-order valence-electron chi connectivity index (χ1n) is 16.3. The highest BCUT2D eigenvalue weighted by molar-refractivity contribution is 7.97. The Kier molecular flexibility index (Phi) is 10.4. The summed E-state index contributed by atoms with van der Waals surface area (Å²) in [5, 5.41) is 5.41. The fraction of sp³-hybridized carbons (Fsp3) is 0.395. The van der Waals surface area contributed by atoms with Gasteiger partial charge in [0.1, 0.15) is 18.1 Å². The number of benzene rings is 4. The molecule has 0 aromatic heterocycles. The van der Waals surface area contributed by atoms with Crippen LogP contribution in [0.1, 0.15) is 43.2 Å². The van der Waals surface area contributed by atoms with Gasteiger partial charge in [-0.25, -0.2) is 4.72 Å². The molecule has 1 aliphatic carbocycles. The average Bonchev–Trinajstić information content (AvgIpc) is 3.84. The molecule has 0 radical (unpaired) electrons. The van der Waals surface area contributed by atoms with E-state index in [1.165, 1.54) is 51.0 Å². The van der Waals surface area contributed by atoms with E-state index in [0.29, 0.717) is 0 Å². The molecule has 242 valence electrons. The molecule has 2 saturated heterocycles. The van der Waals surface area contributed by atoms with Gasteiger partial charge < -0.3 is 19.7 Å². The lowest BCUT2D eigenvalue weighted by atomic mass is 9.98. The van der Waals surface area contributed by atoms with Gasteiger partial charge in [0.05, 0.1) is 6.10 Å². The molecule has 3 fully saturated rings. The van der Waals surface area contributed by atoms with Crippen LogP contribution in [-0.4, -0.2) is 56.1 Å². The molecular weight excluding hydrogens is 601 g/mol. The van der Waals surface area contributed by atoms with Crippen molar-refractivity contribution in [3.8, 4) is 16.9 Å². The first-order chi connectivity index (χ1) is 22.3. The summed E-state index contributed by atoms with van der Waals surface area (Å²) in [6, 6.07) is 24.8. The fourth-order valence-electron chi connectivity index (χ4n) is 6.73. The van der Waals surface area contributed by atoms with E-state index in [9.17, 15) is 4.79 Å². The minimum absolute atomic E-state index is 0.207. The number of fused-ring (bicyclic) bond motifs is 2. The predicted molar refractivity (Wildman–Crippen MR) is 184 cm³/mol. The molecule has 0 spiro atoms. The maximum Gasteiger partial charge on any atom is 0.295 e. The van der Waals surface area contributed by atoms with Gasteiger partial charge in [-0.1, -0.05) is 66.2 Å². The van der Waals surface area contributed by atoms with Crippen molar-refractivity contribution in [3.05, 3.63) is 96.1 Å². The van der Waals surface area contributed by atoms with Gasteiger partial charge in [0.25, 0.3) is 5.92 Å². The summed E-state index contributed by atoms with van der Waals surface area (Å²) in [7, 11) is 2.23. The number of ether oxygens (including phenoxy) is 1. The summed E-state index contributed by atoms with van der Waals surface area (Å²) >= 11 is 1.03. The number of rotatable bonds is 9. The summed E-state index contributed by atoms with van der Waals surface area (Å²) in [6.45, 7) is 5.80. The van der Waals surface area contributed by atoms with Gasteiger partial charge in [-0.2, -0.15) is 8.78 Å². The van der Waals surface area contributed by atoms with Gasteiger partial charge in [0.2, 0.25) is 0 Å². The van der Waals surface area contributed by atoms with Crippen molar-refractivity contribution in [2.45, 2.75) is 68.0 Å². The van der Waals surface area contributed by atoms with Gasteiger partial charge in [0.15, 0.2) is 0 Å². The Balaban J connectivity index is 0.000000352. The standard InChI is InChI=1S/C31H29F2NO2S.C7H14N2/c1-21-6-8-22(9-7-21)23-10-14-26(15-11-23)31(32,33)30(20-35)34-37-29-17-13-24-18-28(16-12-25(24)19-29)36-27-4-2-3-5-27;1-9-3-2-6-4-8-5-7(6)9/h6-20,27,30,34H,2-5H2,1H3;6-8H,2-5H2,1H3/t;6-,7+/m.1/s1. The number of aryl methyl sites for hydroxylation is 1. The largest absolute Gasteiger partial charge is 0.490 e. The monoisotopic (exact) mass is 643 g/mol. The zero-order valence-electron chi connectivity index (χ0n) is 26.6. The number of hydrogen-bond acceptors (Lipinski definition) is 6. The second-order valence-corrected chi connectivity index (χ2v) is 13.8. The van der Waals surface area contributed by atoms with Crippen molar-refractivity contribution in [2.24, 2.45) is 5.92 Å². The number of likely N-dealkylation sites (tertiary alicyclic amines) is 1.